The van der Waals surface area contributed by atoms with Gasteiger partial charge in [-0.25, -0.2) is 8.42 Å². The van der Waals surface area contributed by atoms with Crippen LogP contribution in [0.2, 0.25) is 5.02 Å². The van der Waals surface area contributed by atoms with Crippen molar-refractivity contribution in [1.82, 2.24) is 9.62 Å². The monoisotopic (exact) mass is 423 g/mol. The highest BCUT2D eigenvalue weighted by molar-refractivity contribution is 7.89. The summed E-state index contributed by atoms with van der Waals surface area (Å²) in [7, 11) is -3.51. The van der Waals surface area contributed by atoms with Crippen molar-refractivity contribution in [3.05, 3.63) is 59.1 Å². The predicted molar refractivity (Wildman–Crippen MR) is 113 cm³/mol. The van der Waals surface area contributed by atoms with Crippen molar-refractivity contribution in [3.63, 3.8) is 0 Å². The van der Waals surface area contributed by atoms with Crippen molar-refractivity contribution < 1.29 is 13.2 Å². The molecule has 1 atom stereocenters. The summed E-state index contributed by atoms with van der Waals surface area (Å²) in [5, 5.41) is 6.53. The van der Waals surface area contributed by atoms with E-state index >= 15 is 0 Å². The van der Waals surface area contributed by atoms with Gasteiger partial charge in [0.05, 0.1) is 11.4 Å². The lowest BCUT2D eigenvalue weighted by Gasteiger charge is -2.18. The third-order valence-electron chi connectivity index (χ3n) is 4.42. The average molecular weight is 424 g/mol. The largest absolute Gasteiger partial charge is 0.325 e. The van der Waals surface area contributed by atoms with Gasteiger partial charge in [-0.05, 0) is 42.8 Å². The number of hydrogen-bond acceptors (Lipinski definition) is 4. The Morgan fingerprint density at radius 1 is 1.07 bits per heavy atom. The fourth-order valence-electron chi connectivity index (χ4n) is 2.81. The summed E-state index contributed by atoms with van der Waals surface area (Å²) in [5.74, 6) is -0.224. The van der Waals surface area contributed by atoms with Crippen LogP contribution in [0.5, 0.6) is 0 Å². The van der Waals surface area contributed by atoms with Crippen LogP contribution in [-0.4, -0.2) is 38.3 Å². The second-order valence-electron chi connectivity index (χ2n) is 6.29. The lowest BCUT2D eigenvalue weighted by atomic mass is 10.1. The normalized spacial score (nSPS) is 12.8. The van der Waals surface area contributed by atoms with Crippen molar-refractivity contribution in [2.45, 2.75) is 31.7 Å². The van der Waals surface area contributed by atoms with Crippen LogP contribution in [0.3, 0.4) is 0 Å². The Hall–Kier alpha value is -1.93. The molecule has 8 heteroatoms. The van der Waals surface area contributed by atoms with Gasteiger partial charge in [0.25, 0.3) is 0 Å². The lowest BCUT2D eigenvalue weighted by molar-refractivity contribution is -0.115. The van der Waals surface area contributed by atoms with Crippen molar-refractivity contribution >= 4 is 33.2 Å². The van der Waals surface area contributed by atoms with Crippen LogP contribution in [0.4, 0.5) is 5.69 Å². The molecular formula is C20H26ClN3O3S. The third kappa shape index (κ3) is 5.54. The van der Waals surface area contributed by atoms with Crippen molar-refractivity contribution in [3.8, 4) is 0 Å². The molecule has 28 heavy (non-hydrogen) atoms. The summed E-state index contributed by atoms with van der Waals surface area (Å²) in [6.45, 7) is 6.45. The van der Waals surface area contributed by atoms with E-state index in [0.29, 0.717) is 23.8 Å². The minimum atomic E-state index is -3.51. The van der Waals surface area contributed by atoms with Gasteiger partial charge in [0.15, 0.2) is 0 Å². The van der Waals surface area contributed by atoms with Gasteiger partial charge in [-0.2, -0.15) is 4.31 Å². The molecule has 0 saturated carbocycles. The molecule has 0 aliphatic heterocycles. The smallest absolute Gasteiger partial charge is 0.243 e. The molecule has 1 unspecified atom stereocenters. The zero-order chi connectivity index (χ0) is 20.7. The van der Waals surface area contributed by atoms with Crippen molar-refractivity contribution in [2.24, 2.45) is 0 Å². The Bertz CT molecular complexity index is 897. The topological polar surface area (TPSA) is 78.5 Å². The number of amides is 1. The minimum absolute atomic E-state index is 0.0824. The van der Waals surface area contributed by atoms with Gasteiger partial charge in [-0.1, -0.05) is 43.6 Å². The molecule has 0 bridgehead atoms. The molecule has 6 nitrogen and oxygen atoms in total. The predicted octanol–water partition coefficient (Wildman–Crippen LogP) is 3.66. The van der Waals surface area contributed by atoms with Crippen LogP contribution in [0, 0.1) is 0 Å². The molecule has 152 valence electrons. The van der Waals surface area contributed by atoms with Crippen molar-refractivity contribution in [1.29, 1.82) is 0 Å². The summed E-state index contributed by atoms with van der Waals surface area (Å²) >= 11 is 6.17. The zero-order valence-corrected chi connectivity index (χ0v) is 17.8. The van der Waals surface area contributed by atoms with E-state index in [2.05, 4.69) is 10.6 Å². The fourth-order valence-corrected chi connectivity index (χ4v) is 4.57. The van der Waals surface area contributed by atoms with Gasteiger partial charge < -0.3 is 10.6 Å². The summed E-state index contributed by atoms with van der Waals surface area (Å²) in [4.78, 5) is 12.4. The highest BCUT2D eigenvalue weighted by Gasteiger charge is 2.21. The Labute approximate surface area is 171 Å². The maximum absolute atomic E-state index is 12.5. The van der Waals surface area contributed by atoms with Gasteiger partial charge in [0.1, 0.15) is 0 Å². The second-order valence-corrected chi connectivity index (χ2v) is 8.63. The fraction of sp³-hybridized carbons (Fsp3) is 0.350. The van der Waals surface area contributed by atoms with E-state index in [9.17, 15) is 13.2 Å². The molecule has 2 aromatic carbocycles. The van der Waals surface area contributed by atoms with Crippen LogP contribution in [0.1, 0.15) is 32.4 Å². The molecular weight excluding hydrogens is 398 g/mol. The van der Waals surface area contributed by atoms with Crippen LogP contribution in [0.15, 0.2) is 53.4 Å². The number of carbonyl (C=O) groups is 1. The van der Waals surface area contributed by atoms with E-state index in [0.717, 1.165) is 5.56 Å². The van der Waals surface area contributed by atoms with Crippen molar-refractivity contribution in [2.75, 3.05) is 25.0 Å². The maximum atomic E-state index is 12.5. The van der Waals surface area contributed by atoms with Gasteiger partial charge in [0.2, 0.25) is 15.9 Å². The molecule has 0 heterocycles. The van der Waals surface area contributed by atoms with E-state index in [1.165, 1.54) is 16.4 Å². The van der Waals surface area contributed by atoms with Gasteiger partial charge in [-0.15, -0.1) is 0 Å². The van der Waals surface area contributed by atoms with Crippen LogP contribution < -0.4 is 10.6 Å². The molecule has 1 amide bonds. The molecule has 2 N–H and O–H groups in total. The molecule has 0 saturated heterocycles. The van der Waals surface area contributed by atoms with E-state index in [4.69, 9.17) is 11.6 Å². The molecule has 2 aromatic rings. The third-order valence-corrected chi connectivity index (χ3v) is 6.83. The highest BCUT2D eigenvalue weighted by atomic mass is 35.5. The quantitative estimate of drug-likeness (QED) is 0.645. The van der Waals surface area contributed by atoms with Gasteiger partial charge in [0, 0.05) is 29.8 Å². The first-order chi connectivity index (χ1) is 13.3. The lowest BCUT2D eigenvalue weighted by Crippen LogP contribution is -2.31. The number of carbonyl (C=O) groups excluding carboxylic acids is 1. The Kier molecular flexibility index (Phi) is 8.00. The van der Waals surface area contributed by atoms with Crippen LogP contribution in [0.25, 0.3) is 0 Å². The van der Waals surface area contributed by atoms with Crippen LogP contribution in [-0.2, 0) is 14.8 Å². The number of benzene rings is 2. The number of anilines is 1. The molecule has 0 radical (unpaired) electrons. The SMILES string of the molecule is CCN(CC)S(=O)(=O)c1ccc(NC(=O)CNC(C)c2ccccc2Cl)cc1. The van der Waals surface area contributed by atoms with Crippen LogP contribution >= 0.6 is 11.6 Å². The Morgan fingerprint density at radius 3 is 2.25 bits per heavy atom. The number of nitrogens with one attached hydrogen (secondary N) is 2. The van der Waals surface area contributed by atoms with Gasteiger partial charge >= 0.3 is 0 Å². The number of nitrogens with zero attached hydrogens (tertiary/aromatic N) is 1. The zero-order valence-electron chi connectivity index (χ0n) is 16.3. The molecule has 0 aliphatic carbocycles. The summed E-state index contributed by atoms with van der Waals surface area (Å²) in [6, 6.07) is 13.6. The molecule has 2 rings (SSSR count). The Morgan fingerprint density at radius 2 is 1.68 bits per heavy atom. The first-order valence-corrected chi connectivity index (χ1v) is 11.0. The first-order valence-electron chi connectivity index (χ1n) is 9.17. The summed E-state index contributed by atoms with van der Waals surface area (Å²) in [6.07, 6.45) is 0. The maximum Gasteiger partial charge on any atom is 0.243 e. The summed E-state index contributed by atoms with van der Waals surface area (Å²) in [5.41, 5.74) is 1.46. The molecule has 0 aromatic heterocycles. The number of hydrogen-bond donors (Lipinski definition) is 2. The number of sulfonamides is 1. The van der Waals surface area contributed by atoms with Gasteiger partial charge in [-0.3, -0.25) is 4.79 Å². The van der Waals surface area contributed by atoms with E-state index < -0.39 is 10.0 Å². The molecule has 0 spiro atoms. The Balaban J connectivity index is 1.95. The first kappa shape index (κ1) is 22.4. The average Bonchev–Trinajstić information content (AvgIpc) is 2.67. The second kappa shape index (κ2) is 10.0. The van der Waals surface area contributed by atoms with E-state index in [-0.39, 0.29) is 23.4 Å². The van der Waals surface area contributed by atoms with E-state index in [1.54, 1.807) is 26.0 Å². The molecule has 0 fully saturated rings. The number of rotatable bonds is 9. The van der Waals surface area contributed by atoms with E-state index in [1.807, 2.05) is 31.2 Å². The number of halogens is 1. The molecule has 0 aliphatic rings. The standard InChI is InChI=1S/C20H26ClN3O3S/c1-4-24(5-2)28(26,27)17-12-10-16(11-13-17)23-20(25)14-22-15(3)18-8-6-7-9-19(18)21/h6-13,15,22H,4-5,14H2,1-3H3,(H,23,25). The highest BCUT2D eigenvalue weighted by Crippen LogP contribution is 2.22. The minimum Gasteiger partial charge on any atom is -0.325 e. The summed E-state index contributed by atoms with van der Waals surface area (Å²) < 4.78 is 26.4.